The van der Waals surface area contributed by atoms with Crippen molar-refractivity contribution >= 4 is 0 Å². The van der Waals surface area contributed by atoms with Crippen molar-refractivity contribution in [3.05, 3.63) is 66.0 Å². The normalized spacial score (nSPS) is 12.1. The first-order chi connectivity index (χ1) is 9.77. The lowest BCUT2D eigenvalue weighted by atomic mass is 10.1. The Morgan fingerprint density at radius 3 is 2.50 bits per heavy atom. The van der Waals surface area contributed by atoms with Crippen LogP contribution >= 0.6 is 0 Å². The summed E-state index contributed by atoms with van der Waals surface area (Å²) < 4.78 is 18.6. The molecule has 2 N–H and O–H groups in total. The minimum atomic E-state index is -0.551. The molecule has 3 nitrogen and oxygen atoms in total. The molecule has 0 aliphatic heterocycles. The highest BCUT2D eigenvalue weighted by Gasteiger charge is 2.06. The molecule has 0 spiro atoms. The zero-order valence-electron chi connectivity index (χ0n) is 11.1. The highest BCUT2D eigenvalue weighted by molar-refractivity contribution is 5.23. The monoisotopic (exact) mass is 275 g/mol. The van der Waals surface area contributed by atoms with Gasteiger partial charge in [0, 0.05) is 13.1 Å². The Morgan fingerprint density at radius 2 is 1.75 bits per heavy atom. The van der Waals surface area contributed by atoms with Gasteiger partial charge in [0.15, 0.2) is 11.6 Å². The molecule has 0 radical (unpaired) electrons. The van der Waals surface area contributed by atoms with Crippen LogP contribution in [0.25, 0.3) is 0 Å². The predicted molar refractivity (Wildman–Crippen MR) is 76.2 cm³/mol. The first-order valence-corrected chi connectivity index (χ1v) is 6.58. The number of hydrogen-bond acceptors (Lipinski definition) is 3. The number of aliphatic hydroxyl groups excluding tert-OH is 1. The molecule has 0 aliphatic carbocycles. The summed E-state index contributed by atoms with van der Waals surface area (Å²) in [6.07, 6.45) is -0.551. The number of hydrogen-bond donors (Lipinski definition) is 2. The second kappa shape index (κ2) is 7.62. The van der Waals surface area contributed by atoms with Crippen LogP contribution in [0.2, 0.25) is 0 Å². The molecule has 0 saturated heterocycles. The molecule has 2 rings (SSSR count). The number of benzene rings is 2. The van der Waals surface area contributed by atoms with Gasteiger partial charge in [-0.1, -0.05) is 42.5 Å². The number of aliphatic hydroxyl groups is 1. The van der Waals surface area contributed by atoms with Crippen molar-refractivity contribution in [1.29, 1.82) is 0 Å². The van der Waals surface area contributed by atoms with Crippen LogP contribution in [-0.4, -0.2) is 24.8 Å². The summed E-state index contributed by atoms with van der Waals surface area (Å²) in [5.41, 5.74) is 0.870. The van der Waals surface area contributed by atoms with Gasteiger partial charge in [0.2, 0.25) is 0 Å². The van der Waals surface area contributed by atoms with Gasteiger partial charge in [-0.15, -0.1) is 0 Å². The van der Waals surface area contributed by atoms with Crippen molar-refractivity contribution in [3.63, 3.8) is 0 Å². The Morgan fingerprint density at radius 1 is 1.05 bits per heavy atom. The fraction of sp³-hybridized carbons (Fsp3) is 0.250. The molecule has 0 heterocycles. The predicted octanol–water partition coefficient (Wildman–Crippen LogP) is 2.53. The van der Waals surface area contributed by atoms with Crippen LogP contribution in [0, 0.1) is 5.82 Å². The van der Waals surface area contributed by atoms with Gasteiger partial charge in [0.1, 0.15) is 6.61 Å². The lowest BCUT2D eigenvalue weighted by molar-refractivity contribution is 0.171. The maximum atomic E-state index is 13.3. The Balaban J connectivity index is 1.66. The van der Waals surface area contributed by atoms with Gasteiger partial charge >= 0.3 is 0 Å². The SMILES string of the molecule is O[C@@H](CNCCOc1ccccc1F)c1ccccc1. The highest BCUT2D eigenvalue weighted by Crippen LogP contribution is 2.15. The molecule has 0 amide bonds. The number of para-hydroxylation sites is 1. The Labute approximate surface area is 118 Å². The second-order valence-corrected chi connectivity index (χ2v) is 4.41. The maximum Gasteiger partial charge on any atom is 0.165 e. The van der Waals surface area contributed by atoms with E-state index in [1.807, 2.05) is 30.3 Å². The number of rotatable bonds is 7. The molecule has 0 fully saturated rings. The summed E-state index contributed by atoms with van der Waals surface area (Å²) in [7, 11) is 0. The van der Waals surface area contributed by atoms with Crippen molar-refractivity contribution in [3.8, 4) is 5.75 Å². The summed E-state index contributed by atoms with van der Waals surface area (Å²) in [6.45, 7) is 1.32. The molecule has 20 heavy (non-hydrogen) atoms. The molecule has 0 bridgehead atoms. The van der Waals surface area contributed by atoms with Crippen LogP contribution < -0.4 is 10.1 Å². The lowest BCUT2D eigenvalue weighted by Gasteiger charge is -2.12. The van der Waals surface area contributed by atoms with Crippen LogP contribution in [-0.2, 0) is 0 Å². The standard InChI is InChI=1S/C16H18FNO2/c17-14-8-4-5-9-16(14)20-11-10-18-12-15(19)13-6-2-1-3-7-13/h1-9,15,18-19H,10-12H2/t15-/m0/s1. The molecule has 0 unspecified atom stereocenters. The molecular formula is C16H18FNO2. The Bertz CT molecular complexity index is 519. The molecule has 2 aromatic rings. The van der Waals surface area contributed by atoms with Crippen LogP contribution in [0.5, 0.6) is 5.75 Å². The first kappa shape index (κ1) is 14.5. The van der Waals surface area contributed by atoms with Gasteiger partial charge in [-0.2, -0.15) is 0 Å². The largest absolute Gasteiger partial charge is 0.489 e. The molecule has 106 valence electrons. The van der Waals surface area contributed by atoms with E-state index >= 15 is 0 Å². The highest BCUT2D eigenvalue weighted by atomic mass is 19.1. The van der Waals surface area contributed by atoms with Crippen molar-refractivity contribution in [2.45, 2.75) is 6.10 Å². The zero-order chi connectivity index (χ0) is 14.2. The average molecular weight is 275 g/mol. The van der Waals surface area contributed by atoms with E-state index in [1.165, 1.54) is 6.07 Å². The van der Waals surface area contributed by atoms with E-state index in [2.05, 4.69) is 5.32 Å². The van der Waals surface area contributed by atoms with Gasteiger partial charge in [0.05, 0.1) is 6.10 Å². The zero-order valence-corrected chi connectivity index (χ0v) is 11.1. The summed E-state index contributed by atoms with van der Waals surface area (Å²) in [5.74, 6) is -0.116. The third-order valence-corrected chi connectivity index (χ3v) is 2.90. The van der Waals surface area contributed by atoms with Crippen LogP contribution in [0.4, 0.5) is 4.39 Å². The summed E-state index contributed by atoms with van der Waals surface area (Å²) in [5, 5.41) is 13.0. The van der Waals surface area contributed by atoms with Gasteiger partial charge in [-0.05, 0) is 17.7 Å². The number of nitrogens with one attached hydrogen (secondary N) is 1. The lowest BCUT2D eigenvalue weighted by Crippen LogP contribution is -2.26. The van der Waals surface area contributed by atoms with E-state index < -0.39 is 6.10 Å². The molecule has 1 atom stereocenters. The molecular weight excluding hydrogens is 257 g/mol. The molecule has 4 heteroatoms. The van der Waals surface area contributed by atoms with Crippen LogP contribution in [0.1, 0.15) is 11.7 Å². The van der Waals surface area contributed by atoms with E-state index in [-0.39, 0.29) is 11.6 Å². The van der Waals surface area contributed by atoms with E-state index in [9.17, 15) is 9.50 Å². The molecule has 0 aromatic heterocycles. The van der Waals surface area contributed by atoms with Gasteiger partial charge < -0.3 is 15.2 Å². The quantitative estimate of drug-likeness (QED) is 0.763. The fourth-order valence-corrected chi connectivity index (χ4v) is 1.83. The van der Waals surface area contributed by atoms with Crippen molar-refractivity contribution in [2.75, 3.05) is 19.7 Å². The summed E-state index contributed by atoms with van der Waals surface area (Å²) in [6, 6.07) is 15.7. The minimum absolute atomic E-state index is 0.248. The smallest absolute Gasteiger partial charge is 0.165 e. The third-order valence-electron chi connectivity index (χ3n) is 2.90. The van der Waals surface area contributed by atoms with E-state index in [0.29, 0.717) is 19.7 Å². The van der Waals surface area contributed by atoms with Gasteiger partial charge in [0.25, 0.3) is 0 Å². The summed E-state index contributed by atoms with van der Waals surface area (Å²) >= 11 is 0. The first-order valence-electron chi connectivity index (χ1n) is 6.58. The van der Waals surface area contributed by atoms with E-state index in [4.69, 9.17) is 4.74 Å². The third kappa shape index (κ3) is 4.33. The molecule has 0 saturated carbocycles. The Hall–Kier alpha value is -1.91. The van der Waals surface area contributed by atoms with E-state index in [1.54, 1.807) is 18.2 Å². The average Bonchev–Trinajstić information content (AvgIpc) is 2.49. The van der Waals surface area contributed by atoms with E-state index in [0.717, 1.165) is 5.56 Å². The van der Waals surface area contributed by atoms with Crippen molar-refractivity contribution in [1.82, 2.24) is 5.32 Å². The topological polar surface area (TPSA) is 41.5 Å². The number of halogens is 1. The minimum Gasteiger partial charge on any atom is -0.489 e. The summed E-state index contributed by atoms with van der Waals surface area (Å²) in [4.78, 5) is 0. The number of ether oxygens (including phenoxy) is 1. The van der Waals surface area contributed by atoms with Crippen molar-refractivity contribution < 1.29 is 14.2 Å². The van der Waals surface area contributed by atoms with Crippen molar-refractivity contribution in [2.24, 2.45) is 0 Å². The van der Waals surface area contributed by atoms with Crippen LogP contribution in [0.3, 0.4) is 0 Å². The molecule has 0 aliphatic rings. The maximum absolute atomic E-state index is 13.3. The van der Waals surface area contributed by atoms with Crippen LogP contribution in [0.15, 0.2) is 54.6 Å². The fourth-order valence-electron chi connectivity index (χ4n) is 1.83. The second-order valence-electron chi connectivity index (χ2n) is 4.41. The molecule has 2 aromatic carbocycles. The van der Waals surface area contributed by atoms with Gasteiger partial charge in [-0.25, -0.2) is 4.39 Å². The Kier molecular flexibility index (Phi) is 5.53. The van der Waals surface area contributed by atoms with Gasteiger partial charge in [-0.3, -0.25) is 0 Å².